The molecular weight excluding hydrogens is 338 g/mol. The van der Waals surface area contributed by atoms with E-state index < -0.39 is 5.60 Å². The Labute approximate surface area is 162 Å². The predicted molar refractivity (Wildman–Crippen MR) is 110 cm³/mol. The van der Waals surface area contributed by atoms with Crippen molar-refractivity contribution in [2.45, 2.75) is 64.4 Å². The Balaban J connectivity index is 1.71. The first kappa shape index (κ1) is 20.9. The molecule has 2 aromatic carbocycles. The minimum atomic E-state index is -0.463. The molecule has 1 amide bonds. The summed E-state index contributed by atoms with van der Waals surface area (Å²) in [5, 5.41) is 5.12. The quantitative estimate of drug-likeness (QED) is 0.462. The first-order valence-electron chi connectivity index (χ1n) is 9.80. The highest BCUT2D eigenvalue weighted by molar-refractivity contribution is 5.88. The van der Waals surface area contributed by atoms with E-state index in [1.807, 2.05) is 39.0 Å². The van der Waals surface area contributed by atoms with Crippen LogP contribution in [0.25, 0.3) is 10.8 Å². The molecule has 4 heteroatoms. The lowest BCUT2D eigenvalue weighted by molar-refractivity contribution is -0.109. The molecule has 146 valence electrons. The fraction of sp³-hybridized carbons (Fsp3) is 0.478. The SMILES string of the molecule is CC(C)(C)OC(=O)NCCCCCCC(C=O)c1cccc2ccccc12. The largest absolute Gasteiger partial charge is 0.444 e. The summed E-state index contributed by atoms with van der Waals surface area (Å²) >= 11 is 0. The van der Waals surface area contributed by atoms with Gasteiger partial charge >= 0.3 is 6.09 Å². The molecule has 0 saturated heterocycles. The standard InChI is InChI=1S/C23H31NO3/c1-23(2,3)27-22(26)24-16-9-5-4-6-12-19(17-25)21-15-10-13-18-11-7-8-14-20(18)21/h7-8,10-11,13-15,17,19H,4-6,9,12,16H2,1-3H3,(H,24,26). The summed E-state index contributed by atoms with van der Waals surface area (Å²) in [6.45, 7) is 6.18. The van der Waals surface area contributed by atoms with E-state index >= 15 is 0 Å². The molecule has 1 atom stereocenters. The van der Waals surface area contributed by atoms with E-state index in [-0.39, 0.29) is 12.0 Å². The molecule has 0 spiro atoms. The van der Waals surface area contributed by atoms with Gasteiger partial charge in [0.05, 0.1) is 0 Å². The van der Waals surface area contributed by atoms with Crippen LogP contribution >= 0.6 is 0 Å². The van der Waals surface area contributed by atoms with E-state index in [0.717, 1.165) is 44.0 Å². The van der Waals surface area contributed by atoms with Gasteiger partial charge < -0.3 is 14.8 Å². The number of rotatable bonds is 9. The van der Waals surface area contributed by atoms with Gasteiger partial charge in [-0.2, -0.15) is 0 Å². The number of hydrogen-bond donors (Lipinski definition) is 1. The normalized spacial score (nSPS) is 12.6. The summed E-state index contributed by atoms with van der Waals surface area (Å²) in [7, 11) is 0. The van der Waals surface area contributed by atoms with Crippen LogP contribution in [-0.4, -0.2) is 24.5 Å². The molecule has 0 aliphatic heterocycles. The second kappa shape index (κ2) is 10.1. The fourth-order valence-corrected chi connectivity index (χ4v) is 3.22. The molecule has 0 aliphatic carbocycles. The van der Waals surface area contributed by atoms with Crippen molar-refractivity contribution in [3.8, 4) is 0 Å². The lowest BCUT2D eigenvalue weighted by atomic mass is 9.90. The summed E-state index contributed by atoms with van der Waals surface area (Å²) in [6, 6.07) is 14.4. The number of carbonyl (C=O) groups is 2. The molecule has 1 N–H and O–H groups in total. The highest BCUT2D eigenvalue weighted by Gasteiger charge is 2.15. The molecule has 2 rings (SSSR count). The summed E-state index contributed by atoms with van der Waals surface area (Å²) in [4.78, 5) is 23.2. The van der Waals surface area contributed by atoms with Gasteiger partial charge in [0.2, 0.25) is 0 Å². The van der Waals surface area contributed by atoms with E-state index in [2.05, 4.69) is 29.6 Å². The van der Waals surface area contributed by atoms with Crippen LogP contribution in [0.5, 0.6) is 0 Å². The molecule has 0 saturated carbocycles. The van der Waals surface area contributed by atoms with Crippen LogP contribution < -0.4 is 5.32 Å². The lowest BCUT2D eigenvalue weighted by Crippen LogP contribution is -2.32. The van der Waals surface area contributed by atoms with Gasteiger partial charge in [-0.05, 0) is 49.9 Å². The smallest absolute Gasteiger partial charge is 0.407 e. The molecular formula is C23H31NO3. The fourth-order valence-electron chi connectivity index (χ4n) is 3.22. The Kier molecular flexibility index (Phi) is 7.83. The molecule has 0 aromatic heterocycles. The van der Waals surface area contributed by atoms with Gasteiger partial charge in [-0.25, -0.2) is 4.79 Å². The topological polar surface area (TPSA) is 55.4 Å². The number of nitrogens with one attached hydrogen (secondary N) is 1. The van der Waals surface area contributed by atoms with Crippen LogP contribution in [0, 0.1) is 0 Å². The van der Waals surface area contributed by atoms with Gasteiger partial charge in [0.1, 0.15) is 11.9 Å². The number of hydrogen-bond acceptors (Lipinski definition) is 3. The Hall–Kier alpha value is -2.36. The van der Waals surface area contributed by atoms with Crippen LogP contribution in [-0.2, 0) is 9.53 Å². The summed E-state index contributed by atoms with van der Waals surface area (Å²) < 4.78 is 5.21. The number of benzene rings is 2. The second-order valence-corrected chi connectivity index (χ2v) is 7.94. The maximum absolute atomic E-state index is 11.6. The average molecular weight is 370 g/mol. The Morgan fingerprint density at radius 1 is 1.04 bits per heavy atom. The Bertz CT molecular complexity index is 743. The molecule has 0 aliphatic rings. The molecule has 4 nitrogen and oxygen atoms in total. The van der Waals surface area contributed by atoms with Crippen molar-refractivity contribution in [3.05, 3.63) is 48.0 Å². The van der Waals surface area contributed by atoms with Crippen LogP contribution in [0.4, 0.5) is 4.79 Å². The van der Waals surface area contributed by atoms with Crippen molar-refractivity contribution in [2.24, 2.45) is 0 Å². The van der Waals surface area contributed by atoms with E-state index in [9.17, 15) is 9.59 Å². The zero-order valence-corrected chi connectivity index (χ0v) is 16.7. The molecule has 0 bridgehead atoms. The van der Waals surface area contributed by atoms with E-state index in [0.29, 0.717) is 6.54 Å². The molecule has 27 heavy (non-hydrogen) atoms. The van der Waals surface area contributed by atoms with Crippen molar-refractivity contribution in [3.63, 3.8) is 0 Å². The number of aldehydes is 1. The zero-order valence-electron chi connectivity index (χ0n) is 16.7. The van der Waals surface area contributed by atoms with E-state index in [4.69, 9.17) is 4.74 Å². The van der Waals surface area contributed by atoms with E-state index in [1.165, 1.54) is 10.8 Å². The molecule has 2 aromatic rings. The van der Waals surface area contributed by atoms with Gasteiger partial charge in [-0.15, -0.1) is 0 Å². The summed E-state index contributed by atoms with van der Waals surface area (Å²) in [5.41, 5.74) is 0.657. The molecule has 0 fully saturated rings. The summed E-state index contributed by atoms with van der Waals surface area (Å²) in [5.74, 6) is -0.0593. The van der Waals surface area contributed by atoms with Crippen LogP contribution in [0.3, 0.4) is 0 Å². The van der Waals surface area contributed by atoms with Gasteiger partial charge in [-0.1, -0.05) is 61.7 Å². The average Bonchev–Trinajstić information content (AvgIpc) is 2.62. The van der Waals surface area contributed by atoms with Gasteiger partial charge in [-0.3, -0.25) is 0 Å². The molecule has 0 heterocycles. The van der Waals surface area contributed by atoms with Gasteiger partial charge in [0, 0.05) is 12.5 Å². The maximum atomic E-state index is 11.6. The van der Waals surface area contributed by atoms with Crippen LogP contribution in [0.15, 0.2) is 42.5 Å². The number of unbranched alkanes of at least 4 members (excludes halogenated alkanes) is 3. The maximum Gasteiger partial charge on any atom is 0.407 e. The van der Waals surface area contributed by atoms with Crippen LogP contribution in [0.2, 0.25) is 0 Å². The van der Waals surface area contributed by atoms with Crippen molar-refractivity contribution in [2.75, 3.05) is 6.54 Å². The van der Waals surface area contributed by atoms with Gasteiger partial charge in [0.25, 0.3) is 0 Å². The zero-order chi connectivity index (χ0) is 19.7. The number of fused-ring (bicyclic) bond motifs is 1. The molecule has 0 radical (unpaired) electrons. The third-order valence-electron chi connectivity index (χ3n) is 4.50. The third-order valence-corrected chi connectivity index (χ3v) is 4.50. The minimum absolute atomic E-state index is 0.0593. The van der Waals surface area contributed by atoms with Gasteiger partial charge in [0.15, 0.2) is 0 Å². The number of amides is 1. The first-order valence-corrected chi connectivity index (χ1v) is 9.80. The summed E-state index contributed by atoms with van der Waals surface area (Å²) in [6.07, 6.45) is 5.56. The van der Waals surface area contributed by atoms with Crippen LogP contribution in [0.1, 0.15) is 64.4 Å². The van der Waals surface area contributed by atoms with Crippen molar-refractivity contribution < 1.29 is 14.3 Å². The molecule has 1 unspecified atom stereocenters. The van der Waals surface area contributed by atoms with Crippen molar-refractivity contribution >= 4 is 23.2 Å². The highest BCUT2D eigenvalue weighted by atomic mass is 16.6. The second-order valence-electron chi connectivity index (χ2n) is 7.94. The number of ether oxygens (including phenoxy) is 1. The van der Waals surface area contributed by atoms with Crippen molar-refractivity contribution in [1.29, 1.82) is 0 Å². The third kappa shape index (κ3) is 7.05. The minimum Gasteiger partial charge on any atom is -0.444 e. The monoisotopic (exact) mass is 369 g/mol. The highest BCUT2D eigenvalue weighted by Crippen LogP contribution is 2.28. The predicted octanol–water partition coefficient (Wildman–Crippen LogP) is 5.60. The first-order chi connectivity index (χ1) is 12.9. The van der Waals surface area contributed by atoms with Crippen molar-refractivity contribution in [1.82, 2.24) is 5.32 Å². The Morgan fingerprint density at radius 3 is 2.48 bits per heavy atom. The Morgan fingerprint density at radius 2 is 1.74 bits per heavy atom. The lowest BCUT2D eigenvalue weighted by Gasteiger charge is -2.19. The number of carbonyl (C=O) groups excluding carboxylic acids is 2. The number of alkyl carbamates (subject to hydrolysis) is 1. The van der Waals surface area contributed by atoms with E-state index in [1.54, 1.807) is 0 Å².